The minimum absolute atomic E-state index is 0.0173. The van der Waals surface area contributed by atoms with Crippen LogP contribution in [0, 0.1) is 24.5 Å². The number of nitrogens with zero attached hydrogens (tertiary/aromatic N) is 2. The number of aliphatic imine (C=N–C) groups is 1. The highest BCUT2D eigenvalue weighted by Crippen LogP contribution is 2.26. The second-order valence-electron chi connectivity index (χ2n) is 6.68. The van der Waals surface area contributed by atoms with Crippen molar-refractivity contribution in [3.05, 3.63) is 94.6 Å². The molecular formula is C22H16F3N3O. The summed E-state index contributed by atoms with van der Waals surface area (Å²) < 4.78 is 42.3. The number of carbonyl (C=O) groups excluding carboxylic acids is 1. The third kappa shape index (κ3) is 3.51. The van der Waals surface area contributed by atoms with Gasteiger partial charge < -0.3 is 5.32 Å². The fourth-order valence-electron chi connectivity index (χ4n) is 3.29. The first-order valence-corrected chi connectivity index (χ1v) is 8.97. The van der Waals surface area contributed by atoms with Crippen molar-refractivity contribution in [2.45, 2.75) is 19.5 Å². The lowest BCUT2D eigenvalue weighted by atomic mass is 9.96. The third-order valence-corrected chi connectivity index (χ3v) is 4.73. The number of aromatic nitrogens is 1. The first kappa shape index (κ1) is 18.9. The SMILES string of the molecule is Cc1nc(F)c(F)c(N[C@H]2N=C(c3ccccc3)c3ccccc3CC2=O)c1F. The van der Waals surface area contributed by atoms with Gasteiger partial charge in [-0.05, 0) is 12.5 Å². The second kappa shape index (κ2) is 7.50. The molecule has 0 radical (unpaired) electrons. The van der Waals surface area contributed by atoms with Crippen LogP contribution in [0.25, 0.3) is 0 Å². The molecule has 0 amide bonds. The molecule has 0 aliphatic carbocycles. The molecule has 0 saturated carbocycles. The molecule has 0 spiro atoms. The van der Waals surface area contributed by atoms with Gasteiger partial charge in [0.2, 0.25) is 5.82 Å². The quantitative estimate of drug-likeness (QED) is 0.676. The normalized spacial score (nSPS) is 16.1. The molecule has 0 unspecified atom stereocenters. The van der Waals surface area contributed by atoms with Crippen molar-refractivity contribution < 1.29 is 18.0 Å². The lowest BCUT2D eigenvalue weighted by Crippen LogP contribution is -2.30. The van der Waals surface area contributed by atoms with Crippen LogP contribution in [-0.4, -0.2) is 22.6 Å². The Kier molecular flexibility index (Phi) is 4.88. The van der Waals surface area contributed by atoms with Crippen molar-refractivity contribution in [1.82, 2.24) is 4.98 Å². The summed E-state index contributed by atoms with van der Waals surface area (Å²) in [4.78, 5) is 20.5. The van der Waals surface area contributed by atoms with Gasteiger partial charge in [0.05, 0.1) is 11.4 Å². The summed E-state index contributed by atoms with van der Waals surface area (Å²) in [6.07, 6.45) is -1.27. The molecule has 3 aromatic rings. The number of pyridine rings is 1. The monoisotopic (exact) mass is 395 g/mol. The van der Waals surface area contributed by atoms with Crippen LogP contribution in [0.1, 0.15) is 22.4 Å². The molecule has 1 N–H and O–H groups in total. The van der Waals surface area contributed by atoms with Gasteiger partial charge in [-0.1, -0.05) is 54.6 Å². The fraction of sp³-hybridized carbons (Fsp3) is 0.136. The Bertz CT molecular complexity index is 1100. The van der Waals surface area contributed by atoms with Gasteiger partial charge in [0.25, 0.3) is 5.95 Å². The lowest BCUT2D eigenvalue weighted by molar-refractivity contribution is -0.118. The van der Waals surface area contributed by atoms with E-state index in [4.69, 9.17) is 0 Å². The second-order valence-corrected chi connectivity index (χ2v) is 6.68. The van der Waals surface area contributed by atoms with Crippen LogP contribution in [0.5, 0.6) is 0 Å². The number of aryl methyl sites for hydroxylation is 1. The molecule has 1 aliphatic heterocycles. The minimum Gasteiger partial charge on any atom is -0.353 e. The van der Waals surface area contributed by atoms with Crippen LogP contribution in [0.3, 0.4) is 0 Å². The number of ketones is 1. The standard InChI is InChI=1S/C22H16F3N3O/c1-12-17(23)20(18(24)21(25)26-12)28-22-16(29)11-14-9-5-6-10-15(14)19(27-22)13-7-3-2-4-8-13/h2-10,22H,11H2,1H3,(H,26,28)/t22-/m1/s1. The Hall–Kier alpha value is -3.48. The Morgan fingerprint density at radius 2 is 1.66 bits per heavy atom. The molecule has 0 fully saturated rings. The maximum atomic E-state index is 14.4. The van der Waals surface area contributed by atoms with Crippen LogP contribution in [0.4, 0.5) is 18.9 Å². The van der Waals surface area contributed by atoms with Gasteiger partial charge in [0.1, 0.15) is 5.69 Å². The molecule has 1 aliphatic rings. The van der Waals surface area contributed by atoms with E-state index in [-0.39, 0.29) is 12.1 Å². The van der Waals surface area contributed by atoms with Gasteiger partial charge in [0.15, 0.2) is 17.8 Å². The van der Waals surface area contributed by atoms with Crippen LogP contribution >= 0.6 is 0 Å². The van der Waals surface area contributed by atoms with Gasteiger partial charge in [-0.2, -0.15) is 8.78 Å². The molecule has 1 aromatic heterocycles. The Morgan fingerprint density at radius 3 is 2.41 bits per heavy atom. The summed E-state index contributed by atoms with van der Waals surface area (Å²) in [6.45, 7) is 1.21. The molecule has 146 valence electrons. The van der Waals surface area contributed by atoms with Crippen LogP contribution in [-0.2, 0) is 11.2 Å². The zero-order chi connectivity index (χ0) is 20.5. The zero-order valence-corrected chi connectivity index (χ0v) is 15.4. The van der Waals surface area contributed by atoms with E-state index in [0.717, 1.165) is 16.7 Å². The van der Waals surface area contributed by atoms with E-state index in [1.165, 1.54) is 6.92 Å². The molecule has 2 aromatic carbocycles. The van der Waals surface area contributed by atoms with Gasteiger partial charge in [-0.25, -0.2) is 9.37 Å². The van der Waals surface area contributed by atoms with Crippen LogP contribution in [0.15, 0.2) is 59.6 Å². The summed E-state index contributed by atoms with van der Waals surface area (Å²) in [5.41, 5.74) is 1.70. The number of hydrogen-bond acceptors (Lipinski definition) is 4. The fourth-order valence-corrected chi connectivity index (χ4v) is 3.29. The van der Waals surface area contributed by atoms with Gasteiger partial charge in [0, 0.05) is 17.5 Å². The molecule has 29 heavy (non-hydrogen) atoms. The third-order valence-electron chi connectivity index (χ3n) is 4.73. The average molecular weight is 395 g/mol. The van der Waals surface area contributed by atoms with E-state index < -0.39 is 35.2 Å². The first-order chi connectivity index (χ1) is 14.0. The van der Waals surface area contributed by atoms with Crippen molar-refractivity contribution in [3.63, 3.8) is 0 Å². The molecule has 0 bridgehead atoms. The Labute approximate surface area is 165 Å². The number of anilines is 1. The van der Waals surface area contributed by atoms with Crippen molar-refractivity contribution >= 4 is 17.2 Å². The predicted molar refractivity (Wildman–Crippen MR) is 103 cm³/mol. The van der Waals surface area contributed by atoms with Gasteiger partial charge in [-0.3, -0.25) is 9.79 Å². The summed E-state index contributed by atoms with van der Waals surface area (Å²) in [6, 6.07) is 16.5. The van der Waals surface area contributed by atoms with Crippen molar-refractivity contribution in [2.75, 3.05) is 5.32 Å². The summed E-state index contributed by atoms with van der Waals surface area (Å²) in [5.74, 6) is -4.38. The number of Topliss-reactive ketones (excluding diaryl/α,β-unsaturated/α-hetero) is 1. The molecule has 1 atom stereocenters. The number of nitrogens with one attached hydrogen (secondary N) is 1. The van der Waals surface area contributed by atoms with E-state index in [1.54, 1.807) is 0 Å². The maximum Gasteiger partial charge on any atom is 0.251 e. The van der Waals surface area contributed by atoms with E-state index >= 15 is 0 Å². The average Bonchev–Trinajstić information content (AvgIpc) is 2.86. The number of benzene rings is 2. The highest BCUT2D eigenvalue weighted by molar-refractivity contribution is 6.16. The topological polar surface area (TPSA) is 54.4 Å². The van der Waals surface area contributed by atoms with E-state index in [1.807, 2.05) is 54.6 Å². The number of fused-ring (bicyclic) bond motifs is 1. The maximum absolute atomic E-state index is 14.4. The number of hydrogen-bond donors (Lipinski definition) is 1. The van der Waals surface area contributed by atoms with Crippen LogP contribution < -0.4 is 5.32 Å². The summed E-state index contributed by atoms with van der Waals surface area (Å²) in [5, 5.41) is 2.46. The molecule has 2 heterocycles. The predicted octanol–water partition coefficient (Wildman–Crippen LogP) is 4.21. The minimum atomic E-state index is -1.49. The molecular weight excluding hydrogens is 379 g/mol. The molecule has 0 saturated heterocycles. The number of halogens is 3. The van der Waals surface area contributed by atoms with E-state index in [9.17, 15) is 18.0 Å². The number of carbonyl (C=O) groups is 1. The summed E-state index contributed by atoms with van der Waals surface area (Å²) >= 11 is 0. The smallest absolute Gasteiger partial charge is 0.251 e. The van der Waals surface area contributed by atoms with E-state index in [2.05, 4.69) is 15.3 Å². The van der Waals surface area contributed by atoms with Gasteiger partial charge in [-0.15, -0.1) is 0 Å². The highest BCUT2D eigenvalue weighted by Gasteiger charge is 2.29. The lowest BCUT2D eigenvalue weighted by Gasteiger charge is -2.16. The van der Waals surface area contributed by atoms with E-state index in [0.29, 0.717) is 5.71 Å². The first-order valence-electron chi connectivity index (χ1n) is 8.97. The van der Waals surface area contributed by atoms with Crippen molar-refractivity contribution in [1.29, 1.82) is 0 Å². The Balaban J connectivity index is 1.84. The summed E-state index contributed by atoms with van der Waals surface area (Å²) in [7, 11) is 0. The van der Waals surface area contributed by atoms with Crippen molar-refractivity contribution in [3.8, 4) is 0 Å². The highest BCUT2D eigenvalue weighted by atomic mass is 19.2. The molecule has 4 rings (SSSR count). The zero-order valence-electron chi connectivity index (χ0n) is 15.4. The molecule has 7 heteroatoms. The molecule has 4 nitrogen and oxygen atoms in total. The Morgan fingerprint density at radius 1 is 0.966 bits per heavy atom. The largest absolute Gasteiger partial charge is 0.353 e. The van der Waals surface area contributed by atoms with Gasteiger partial charge >= 0.3 is 0 Å². The van der Waals surface area contributed by atoms with Crippen LogP contribution in [0.2, 0.25) is 0 Å². The van der Waals surface area contributed by atoms with Crippen molar-refractivity contribution in [2.24, 2.45) is 4.99 Å². The number of rotatable bonds is 3.